The Hall–Kier alpha value is -0.710. The Morgan fingerprint density at radius 2 is 2.23 bits per heavy atom. The van der Waals surface area contributed by atoms with Crippen molar-refractivity contribution in [3.05, 3.63) is 0 Å². The Balaban J connectivity index is 2.50. The first-order valence-corrected chi connectivity index (χ1v) is 4.23. The van der Waals surface area contributed by atoms with Gasteiger partial charge in [0.05, 0.1) is 0 Å². The quantitative estimate of drug-likeness (QED) is 0.743. The van der Waals surface area contributed by atoms with Gasteiger partial charge in [-0.1, -0.05) is 0 Å². The Bertz CT molecular complexity index is 188. The lowest BCUT2D eigenvalue weighted by molar-refractivity contribution is -0.172. The summed E-state index contributed by atoms with van der Waals surface area (Å²) in [4.78, 5) is 10.1. The molecule has 0 bridgehead atoms. The maximum atomic E-state index is 13.1. The number of carboxylic acid groups (broad SMARTS) is 1. The van der Waals surface area contributed by atoms with Crippen molar-refractivity contribution in [2.45, 2.75) is 37.7 Å². The molecule has 1 heterocycles. The second-order valence-corrected chi connectivity index (χ2v) is 3.19. The van der Waals surface area contributed by atoms with Crippen LogP contribution in [0.25, 0.3) is 0 Å². The van der Waals surface area contributed by atoms with Crippen LogP contribution in [0.3, 0.4) is 0 Å². The van der Waals surface area contributed by atoms with E-state index < -0.39 is 24.4 Å². The van der Waals surface area contributed by atoms with Crippen LogP contribution in [0.2, 0.25) is 0 Å². The summed E-state index contributed by atoms with van der Waals surface area (Å²) in [5.74, 6) is -4.72. The minimum atomic E-state index is -3.23. The molecule has 1 saturated heterocycles. The number of halogens is 2. The van der Waals surface area contributed by atoms with Gasteiger partial charge in [0.1, 0.15) is 12.5 Å². The number of hydrogen-bond acceptors (Lipinski definition) is 2. The first kappa shape index (κ1) is 10.4. The summed E-state index contributed by atoms with van der Waals surface area (Å²) in [6.45, 7) is 0.305. The maximum absolute atomic E-state index is 13.1. The average Bonchev–Trinajstić information content (AvgIpc) is 2.04. The predicted molar refractivity (Wildman–Crippen MR) is 40.8 cm³/mol. The molecule has 5 heteroatoms. The highest BCUT2D eigenvalue weighted by Gasteiger charge is 2.43. The monoisotopic (exact) mass is 194 g/mol. The first-order chi connectivity index (χ1) is 6.02. The van der Waals surface area contributed by atoms with Gasteiger partial charge in [-0.3, -0.25) is 4.79 Å². The highest BCUT2D eigenvalue weighted by Crippen LogP contribution is 2.31. The Labute approximate surface area is 74.7 Å². The summed E-state index contributed by atoms with van der Waals surface area (Å²) in [6.07, 6.45) is -0.644. The van der Waals surface area contributed by atoms with E-state index in [-0.39, 0.29) is 6.42 Å². The highest BCUT2D eigenvalue weighted by atomic mass is 19.3. The highest BCUT2D eigenvalue weighted by molar-refractivity contribution is 5.67. The standard InChI is InChI=1S/C8H12F2O3/c9-8(10,5-7(11)12)6-3-1-2-4-13-6/h6H,1-5H2,(H,11,12). The van der Waals surface area contributed by atoms with Gasteiger partial charge in [-0.25, -0.2) is 8.78 Å². The van der Waals surface area contributed by atoms with Gasteiger partial charge >= 0.3 is 5.97 Å². The number of ether oxygens (including phenoxy) is 1. The van der Waals surface area contributed by atoms with Crippen molar-refractivity contribution in [2.24, 2.45) is 0 Å². The summed E-state index contributed by atoms with van der Waals surface area (Å²) >= 11 is 0. The summed E-state index contributed by atoms with van der Waals surface area (Å²) in [5.41, 5.74) is 0. The molecule has 1 N–H and O–H groups in total. The van der Waals surface area contributed by atoms with E-state index in [0.29, 0.717) is 13.0 Å². The van der Waals surface area contributed by atoms with Crippen molar-refractivity contribution in [3.63, 3.8) is 0 Å². The van der Waals surface area contributed by atoms with Crippen LogP contribution in [0.15, 0.2) is 0 Å². The van der Waals surface area contributed by atoms with E-state index in [0.717, 1.165) is 6.42 Å². The fourth-order valence-electron chi connectivity index (χ4n) is 1.39. The third-order valence-electron chi connectivity index (χ3n) is 2.04. The fraction of sp³-hybridized carbons (Fsp3) is 0.875. The van der Waals surface area contributed by atoms with E-state index in [1.165, 1.54) is 0 Å². The second kappa shape index (κ2) is 4.00. The zero-order valence-electron chi connectivity index (χ0n) is 7.13. The molecule has 0 spiro atoms. The van der Waals surface area contributed by atoms with Crippen LogP contribution in [0.4, 0.5) is 8.78 Å². The predicted octanol–water partition coefficient (Wildman–Crippen LogP) is 1.67. The molecule has 13 heavy (non-hydrogen) atoms. The van der Waals surface area contributed by atoms with Crippen molar-refractivity contribution >= 4 is 5.97 Å². The lowest BCUT2D eigenvalue weighted by Gasteiger charge is -2.29. The zero-order chi connectivity index (χ0) is 9.90. The molecule has 1 aliphatic rings. The molecule has 1 fully saturated rings. The molecule has 1 rings (SSSR count). The van der Waals surface area contributed by atoms with Crippen LogP contribution in [0.5, 0.6) is 0 Å². The molecular formula is C8H12F2O3. The summed E-state index contributed by atoms with van der Waals surface area (Å²) in [6, 6.07) is 0. The van der Waals surface area contributed by atoms with Crippen LogP contribution in [0, 0.1) is 0 Å². The Morgan fingerprint density at radius 3 is 2.69 bits per heavy atom. The molecule has 1 aliphatic heterocycles. The minimum Gasteiger partial charge on any atom is -0.481 e. The van der Waals surface area contributed by atoms with E-state index in [2.05, 4.69) is 0 Å². The third-order valence-corrected chi connectivity index (χ3v) is 2.04. The molecule has 0 aromatic heterocycles. The molecule has 0 aromatic carbocycles. The smallest absolute Gasteiger partial charge is 0.309 e. The van der Waals surface area contributed by atoms with E-state index in [1.54, 1.807) is 0 Å². The Kier molecular flexibility index (Phi) is 3.19. The molecule has 3 nitrogen and oxygen atoms in total. The number of carboxylic acids is 1. The normalized spacial score (nSPS) is 24.3. The van der Waals surface area contributed by atoms with Crippen molar-refractivity contribution in [3.8, 4) is 0 Å². The SMILES string of the molecule is O=C(O)CC(F)(F)C1CCCCO1. The van der Waals surface area contributed by atoms with Crippen molar-refractivity contribution in [1.29, 1.82) is 0 Å². The lowest BCUT2D eigenvalue weighted by atomic mass is 10.0. The summed E-state index contributed by atoms with van der Waals surface area (Å²) in [7, 11) is 0. The third kappa shape index (κ3) is 2.91. The van der Waals surface area contributed by atoms with Gasteiger partial charge < -0.3 is 9.84 Å². The molecule has 1 unspecified atom stereocenters. The van der Waals surface area contributed by atoms with Crippen LogP contribution >= 0.6 is 0 Å². The van der Waals surface area contributed by atoms with Crippen LogP contribution in [-0.2, 0) is 9.53 Å². The van der Waals surface area contributed by atoms with Crippen molar-refractivity contribution in [2.75, 3.05) is 6.61 Å². The second-order valence-electron chi connectivity index (χ2n) is 3.19. The number of carbonyl (C=O) groups is 1. The van der Waals surface area contributed by atoms with Crippen molar-refractivity contribution < 1.29 is 23.4 Å². The molecule has 1 atom stereocenters. The summed E-state index contributed by atoms with van der Waals surface area (Å²) < 4.78 is 30.9. The number of alkyl halides is 2. The van der Waals surface area contributed by atoms with E-state index in [1.807, 2.05) is 0 Å². The molecule has 0 aliphatic carbocycles. The molecule has 76 valence electrons. The summed E-state index contributed by atoms with van der Waals surface area (Å²) in [5, 5.41) is 8.24. The van der Waals surface area contributed by atoms with Gasteiger partial charge in [0.2, 0.25) is 0 Å². The van der Waals surface area contributed by atoms with Gasteiger partial charge in [-0.15, -0.1) is 0 Å². The number of rotatable bonds is 3. The van der Waals surface area contributed by atoms with E-state index in [4.69, 9.17) is 9.84 Å². The maximum Gasteiger partial charge on any atom is 0.309 e. The zero-order valence-corrected chi connectivity index (χ0v) is 7.13. The van der Waals surface area contributed by atoms with Gasteiger partial charge in [-0.2, -0.15) is 0 Å². The van der Waals surface area contributed by atoms with Gasteiger partial charge in [-0.05, 0) is 19.3 Å². The number of aliphatic carboxylic acids is 1. The lowest BCUT2D eigenvalue weighted by Crippen LogP contribution is -2.39. The van der Waals surface area contributed by atoms with Crippen LogP contribution in [0.1, 0.15) is 25.7 Å². The molecule has 0 saturated carbocycles. The van der Waals surface area contributed by atoms with Crippen molar-refractivity contribution in [1.82, 2.24) is 0 Å². The van der Waals surface area contributed by atoms with Gasteiger partial charge in [0, 0.05) is 6.61 Å². The molecule has 0 aromatic rings. The molecule has 0 amide bonds. The van der Waals surface area contributed by atoms with E-state index in [9.17, 15) is 13.6 Å². The average molecular weight is 194 g/mol. The van der Waals surface area contributed by atoms with Crippen LogP contribution < -0.4 is 0 Å². The van der Waals surface area contributed by atoms with Gasteiger partial charge in [0.25, 0.3) is 5.92 Å². The van der Waals surface area contributed by atoms with Crippen LogP contribution in [-0.4, -0.2) is 29.7 Å². The Morgan fingerprint density at radius 1 is 1.54 bits per heavy atom. The number of hydrogen-bond donors (Lipinski definition) is 1. The van der Waals surface area contributed by atoms with Gasteiger partial charge in [0.15, 0.2) is 0 Å². The first-order valence-electron chi connectivity index (χ1n) is 4.23. The molecule has 0 radical (unpaired) electrons. The molecular weight excluding hydrogens is 182 g/mol. The minimum absolute atomic E-state index is 0.250. The fourth-order valence-corrected chi connectivity index (χ4v) is 1.39. The topological polar surface area (TPSA) is 46.5 Å². The largest absolute Gasteiger partial charge is 0.481 e. The van der Waals surface area contributed by atoms with E-state index >= 15 is 0 Å².